The van der Waals surface area contributed by atoms with Gasteiger partial charge in [0.05, 0.1) is 18.8 Å². The Hall–Kier alpha value is -2.28. The molecule has 2 atom stereocenters. The molecule has 0 N–H and O–H groups in total. The highest BCUT2D eigenvalue weighted by molar-refractivity contribution is 5.81. The fourth-order valence-corrected chi connectivity index (χ4v) is 2.64. The van der Waals surface area contributed by atoms with Gasteiger partial charge in [-0.1, -0.05) is 12.1 Å². The molecule has 0 aliphatic carbocycles. The van der Waals surface area contributed by atoms with Crippen LogP contribution < -0.4 is 9.47 Å². The van der Waals surface area contributed by atoms with E-state index in [1.807, 2.05) is 26.8 Å². The molecular formula is C18H25NO6. The van der Waals surface area contributed by atoms with Crippen molar-refractivity contribution in [2.45, 2.75) is 33.0 Å². The lowest BCUT2D eigenvalue weighted by molar-refractivity contribution is -0.158. The molecule has 0 saturated carbocycles. The molecule has 7 heteroatoms. The monoisotopic (exact) mass is 351 g/mol. The van der Waals surface area contributed by atoms with Crippen molar-refractivity contribution in [2.75, 3.05) is 32.9 Å². The first-order valence-corrected chi connectivity index (χ1v) is 8.43. The summed E-state index contributed by atoms with van der Waals surface area (Å²) in [5, 5.41) is 0. The average Bonchev–Trinajstić information content (AvgIpc) is 2.58. The van der Waals surface area contributed by atoms with Crippen molar-refractivity contribution in [2.24, 2.45) is 0 Å². The molecule has 1 aromatic rings. The zero-order chi connectivity index (χ0) is 18.2. The Morgan fingerprint density at radius 3 is 2.28 bits per heavy atom. The number of carbonyl (C=O) groups excluding carboxylic acids is 2. The summed E-state index contributed by atoms with van der Waals surface area (Å²) in [6.07, 6.45) is -0.0522. The number of esters is 1. The smallest absolute Gasteiger partial charge is 0.344 e. The lowest BCUT2D eigenvalue weighted by Crippen LogP contribution is -2.49. The second-order valence-corrected chi connectivity index (χ2v) is 5.89. The van der Waals surface area contributed by atoms with Crippen LogP contribution in [-0.4, -0.2) is 61.9 Å². The Bertz CT molecular complexity index is 581. The van der Waals surface area contributed by atoms with Gasteiger partial charge in [0.2, 0.25) is 0 Å². The summed E-state index contributed by atoms with van der Waals surface area (Å²) in [7, 11) is 0. The molecular weight excluding hydrogens is 326 g/mol. The topological polar surface area (TPSA) is 74.3 Å². The van der Waals surface area contributed by atoms with Gasteiger partial charge in [0, 0.05) is 13.1 Å². The molecule has 1 saturated heterocycles. The number of hydrogen-bond acceptors (Lipinski definition) is 6. The lowest BCUT2D eigenvalue weighted by atomic mass is 10.2. The zero-order valence-electron chi connectivity index (χ0n) is 14.9. The van der Waals surface area contributed by atoms with Crippen molar-refractivity contribution in [3.8, 4) is 11.5 Å². The van der Waals surface area contributed by atoms with Crippen LogP contribution in [0.25, 0.3) is 0 Å². The highest BCUT2D eigenvalue weighted by atomic mass is 16.6. The van der Waals surface area contributed by atoms with Gasteiger partial charge >= 0.3 is 5.97 Å². The first kappa shape index (κ1) is 19.1. The van der Waals surface area contributed by atoms with Crippen LogP contribution in [0.15, 0.2) is 24.3 Å². The number of nitrogens with zero attached hydrogens (tertiary/aromatic N) is 1. The number of morpholine rings is 1. The first-order valence-electron chi connectivity index (χ1n) is 8.43. The van der Waals surface area contributed by atoms with E-state index < -0.39 is 5.97 Å². The fourth-order valence-electron chi connectivity index (χ4n) is 2.64. The van der Waals surface area contributed by atoms with Crippen LogP contribution in [0.5, 0.6) is 11.5 Å². The van der Waals surface area contributed by atoms with Crippen molar-refractivity contribution in [1.82, 2.24) is 4.90 Å². The molecule has 2 rings (SSSR count). The third kappa shape index (κ3) is 5.94. The standard InChI is InChI=1S/C18H25NO6/c1-4-22-15-7-5-6-8-16(15)23-12-18(21)24-11-17(20)19-9-13(2)25-14(3)10-19/h5-8,13-14H,4,9-12H2,1-3H3. The minimum Gasteiger partial charge on any atom is -0.490 e. The Morgan fingerprint density at radius 1 is 1.08 bits per heavy atom. The van der Waals surface area contributed by atoms with Gasteiger partial charge in [-0.25, -0.2) is 4.79 Å². The largest absolute Gasteiger partial charge is 0.490 e. The molecule has 1 fully saturated rings. The number of hydrogen-bond donors (Lipinski definition) is 0. The van der Waals surface area contributed by atoms with E-state index in [0.717, 1.165) is 0 Å². The SMILES string of the molecule is CCOc1ccccc1OCC(=O)OCC(=O)N1CC(C)OC(C)C1. The molecule has 138 valence electrons. The number of para-hydroxylation sites is 2. The molecule has 7 nitrogen and oxygen atoms in total. The van der Waals surface area contributed by atoms with Crippen molar-refractivity contribution in [3.63, 3.8) is 0 Å². The van der Waals surface area contributed by atoms with Gasteiger partial charge in [-0.15, -0.1) is 0 Å². The quantitative estimate of drug-likeness (QED) is 0.696. The second-order valence-electron chi connectivity index (χ2n) is 5.89. The number of carbonyl (C=O) groups is 2. The molecule has 2 unspecified atom stereocenters. The highest BCUT2D eigenvalue weighted by Gasteiger charge is 2.26. The second kappa shape index (κ2) is 9.27. The molecule has 1 aliphatic rings. The third-order valence-electron chi connectivity index (χ3n) is 3.62. The summed E-state index contributed by atoms with van der Waals surface area (Å²) in [6.45, 7) is 6.59. The molecule has 0 aromatic heterocycles. The summed E-state index contributed by atoms with van der Waals surface area (Å²) < 4.78 is 21.4. The Morgan fingerprint density at radius 2 is 1.68 bits per heavy atom. The third-order valence-corrected chi connectivity index (χ3v) is 3.62. The van der Waals surface area contributed by atoms with Crippen LogP contribution in [-0.2, 0) is 19.1 Å². The van der Waals surface area contributed by atoms with Crippen molar-refractivity contribution in [3.05, 3.63) is 24.3 Å². The number of ether oxygens (including phenoxy) is 4. The summed E-state index contributed by atoms with van der Waals surface area (Å²) in [6, 6.07) is 7.07. The molecule has 25 heavy (non-hydrogen) atoms. The Kier molecular flexibility index (Phi) is 7.06. The van der Waals surface area contributed by atoms with E-state index in [-0.39, 0.29) is 31.3 Å². The summed E-state index contributed by atoms with van der Waals surface area (Å²) in [5.74, 6) is 0.188. The molecule has 1 aliphatic heterocycles. The van der Waals surface area contributed by atoms with Crippen LogP contribution in [0.1, 0.15) is 20.8 Å². The van der Waals surface area contributed by atoms with Gasteiger partial charge in [0.1, 0.15) is 0 Å². The minimum atomic E-state index is -0.603. The van der Waals surface area contributed by atoms with E-state index in [0.29, 0.717) is 31.2 Å². The summed E-state index contributed by atoms with van der Waals surface area (Å²) >= 11 is 0. The normalized spacial score (nSPS) is 20.0. The van der Waals surface area contributed by atoms with Crippen LogP contribution >= 0.6 is 0 Å². The van der Waals surface area contributed by atoms with E-state index in [4.69, 9.17) is 18.9 Å². The Balaban J connectivity index is 1.76. The lowest BCUT2D eigenvalue weighted by Gasteiger charge is -2.35. The van der Waals surface area contributed by atoms with Crippen LogP contribution in [0.3, 0.4) is 0 Å². The maximum atomic E-state index is 12.1. The van der Waals surface area contributed by atoms with E-state index in [1.165, 1.54) is 0 Å². The number of amides is 1. The van der Waals surface area contributed by atoms with Crippen molar-refractivity contribution < 1.29 is 28.5 Å². The zero-order valence-corrected chi connectivity index (χ0v) is 14.9. The maximum absolute atomic E-state index is 12.1. The van der Waals surface area contributed by atoms with E-state index in [1.54, 1.807) is 23.1 Å². The molecule has 1 amide bonds. The number of rotatable bonds is 7. The van der Waals surface area contributed by atoms with Crippen LogP contribution in [0.2, 0.25) is 0 Å². The van der Waals surface area contributed by atoms with Crippen LogP contribution in [0, 0.1) is 0 Å². The van der Waals surface area contributed by atoms with E-state index >= 15 is 0 Å². The number of benzene rings is 1. The molecule has 0 bridgehead atoms. The van der Waals surface area contributed by atoms with Gasteiger partial charge in [-0.05, 0) is 32.9 Å². The Labute approximate surface area is 147 Å². The average molecular weight is 351 g/mol. The first-order chi connectivity index (χ1) is 12.0. The van der Waals surface area contributed by atoms with Gasteiger partial charge in [-0.3, -0.25) is 4.79 Å². The highest BCUT2D eigenvalue weighted by Crippen LogP contribution is 2.26. The molecule has 1 heterocycles. The van der Waals surface area contributed by atoms with Crippen molar-refractivity contribution in [1.29, 1.82) is 0 Å². The van der Waals surface area contributed by atoms with E-state index in [2.05, 4.69) is 0 Å². The van der Waals surface area contributed by atoms with Crippen molar-refractivity contribution >= 4 is 11.9 Å². The molecule has 0 spiro atoms. The van der Waals surface area contributed by atoms with Gasteiger partial charge in [0.15, 0.2) is 24.7 Å². The maximum Gasteiger partial charge on any atom is 0.344 e. The van der Waals surface area contributed by atoms with Gasteiger partial charge in [0.25, 0.3) is 5.91 Å². The fraction of sp³-hybridized carbons (Fsp3) is 0.556. The molecule has 0 radical (unpaired) electrons. The molecule has 1 aromatic carbocycles. The predicted molar refractivity (Wildman–Crippen MR) is 90.7 cm³/mol. The summed E-state index contributed by atoms with van der Waals surface area (Å²) in [5.41, 5.74) is 0. The van der Waals surface area contributed by atoms with E-state index in [9.17, 15) is 9.59 Å². The predicted octanol–water partition coefficient (Wildman–Crippen LogP) is 1.64. The van der Waals surface area contributed by atoms with Gasteiger partial charge in [-0.2, -0.15) is 0 Å². The minimum absolute atomic E-state index is 0.0261. The van der Waals surface area contributed by atoms with Crippen LogP contribution in [0.4, 0.5) is 0 Å². The van der Waals surface area contributed by atoms with Gasteiger partial charge < -0.3 is 23.8 Å². The summed E-state index contributed by atoms with van der Waals surface area (Å²) in [4.78, 5) is 25.6.